The fourth-order valence-corrected chi connectivity index (χ4v) is 4.43. The predicted molar refractivity (Wildman–Crippen MR) is 103 cm³/mol. The van der Waals surface area contributed by atoms with Gasteiger partial charge in [-0.1, -0.05) is 0 Å². The normalized spacial score (nSPS) is 11.3. The Morgan fingerprint density at radius 1 is 1.18 bits per heavy atom. The molecule has 1 aromatic carbocycles. The van der Waals surface area contributed by atoms with Gasteiger partial charge in [-0.3, -0.25) is 0 Å². The van der Waals surface area contributed by atoms with Gasteiger partial charge in [0.15, 0.2) is 0 Å². The number of ketones is 1. The second-order valence-electron chi connectivity index (χ2n) is 5.28. The first kappa shape index (κ1) is 16.0. The summed E-state index contributed by atoms with van der Waals surface area (Å²) in [5.74, 6) is 2.64. The van der Waals surface area contributed by atoms with Crippen molar-refractivity contribution < 1.29 is 13.6 Å². The summed E-state index contributed by atoms with van der Waals surface area (Å²) < 4.78 is 14.1. The molecular formula is C17H14I2O3. The highest BCUT2D eigenvalue weighted by Crippen LogP contribution is 2.39. The van der Waals surface area contributed by atoms with Crippen LogP contribution in [-0.4, -0.2) is 5.78 Å². The molecule has 0 aliphatic carbocycles. The average Bonchev–Trinajstić information content (AvgIpc) is 2.99. The minimum atomic E-state index is 0.159. The maximum absolute atomic E-state index is 11.3. The summed E-state index contributed by atoms with van der Waals surface area (Å²) in [6, 6.07) is 8.09. The van der Waals surface area contributed by atoms with Crippen molar-refractivity contribution in [2.75, 3.05) is 0 Å². The van der Waals surface area contributed by atoms with Crippen LogP contribution in [0.15, 0.2) is 33.1 Å². The number of hydrogen-bond donors (Lipinski definition) is 0. The molecule has 0 saturated heterocycles. The lowest BCUT2D eigenvalue weighted by Crippen LogP contribution is -1.94. The molecule has 0 aliphatic heterocycles. The van der Waals surface area contributed by atoms with Crippen molar-refractivity contribution in [3.05, 3.63) is 42.9 Å². The summed E-state index contributed by atoms with van der Waals surface area (Å²) in [4.78, 5) is 11.3. The van der Waals surface area contributed by atoms with Crippen molar-refractivity contribution in [2.24, 2.45) is 0 Å². The maximum Gasteiger partial charge on any atom is 0.148 e. The molecule has 0 bridgehead atoms. The number of carbonyl (C=O) groups excluding carboxylic acids is 1. The molecule has 0 amide bonds. The van der Waals surface area contributed by atoms with Gasteiger partial charge in [0, 0.05) is 21.8 Å². The van der Waals surface area contributed by atoms with Crippen molar-refractivity contribution >= 4 is 61.9 Å². The molecule has 0 atom stereocenters. The summed E-state index contributed by atoms with van der Waals surface area (Å²) in [6.07, 6.45) is 1.06. The second kappa shape index (κ2) is 6.35. The Hall–Kier alpha value is -0.830. The minimum absolute atomic E-state index is 0.159. The Balaban J connectivity index is 2.24. The van der Waals surface area contributed by atoms with Crippen molar-refractivity contribution in [2.45, 2.75) is 26.7 Å². The summed E-state index contributed by atoms with van der Waals surface area (Å²) in [5.41, 5.74) is 1.84. The first-order valence-electron chi connectivity index (χ1n) is 6.92. The highest BCUT2D eigenvalue weighted by atomic mass is 127. The van der Waals surface area contributed by atoms with Crippen molar-refractivity contribution in [1.82, 2.24) is 0 Å². The van der Waals surface area contributed by atoms with Crippen molar-refractivity contribution in [1.29, 1.82) is 0 Å². The average molecular weight is 520 g/mol. The topological polar surface area (TPSA) is 43.4 Å². The number of fused-ring (bicyclic) bond motifs is 1. The van der Waals surface area contributed by atoms with Gasteiger partial charge >= 0.3 is 0 Å². The monoisotopic (exact) mass is 520 g/mol. The predicted octanol–water partition coefficient (Wildman–Crippen LogP) is 5.73. The molecule has 0 radical (unpaired) electrons. The van der Waals surface area contributed by atoms with E-state index in [1.165, 1.54) is 0 Å². The summed E-state index contributed by atoms with van der Waals surface area (Å²) in [7, 11) is 0. The number of Topliss-reactive ketones (excluding diaryl/α,β-unsaturated/α-hetero) is 1. The fourth-order valence-electron chi connectivity index (χ4n) is 2.48. The summed E-state index contributed by atoms with van der Waals surface area (Å²) in [5, 5.41) is 1.05. The number of rotatable bonds is 4. The van der Waals surface area contributed by atoms with E-state index in [4.69, 9.17) is 8.83 Å². The molecule has 2 heterocycles. The number of aryl methyl sites for hydroxylation is 2. The van der Waals surface area contributed by atoms with Crippen LogP contribution in [0.3, 0.4) is 0 Å². The molecule has 0 N–H and O–H groups in total. The molecule has 5 heteroatoms. The van der Waals surface area contributed by atoms with Crippen LogP contribution >= 0.6 is 45.2 Å². The molecule has 22 heavy (non-hydrogen) atoms. The zero-order chi connectivity index (χ0) is 15.9. The number of hydrogen-bond acceptors (Lipinski definition) is 3. The van der Waals surface area contributed by atoms with Gasteiger partial charge in [0.25, 0.3) is 0 Å². The van der Waals surface area contributed by atoms with Gasteiger partial charge < -0.3 is 13.6 Å². The molecule has 0 aliphatic rings. The van der Waals surface area contributed by atoms with Crippen molar-refractivity contribution in [3.8, 4) is 11.3 Å². The molecule has 3 nitrogen and oxygen atoms in total. The zero-order valence-electron chi connectivity index (χ0n) is 12.2. The number of halogens is 2. The SMILES string of the molecule is CC(=O)CCc1oc2c(I)cc(I)cc2c1-c1ccc(C)o1. The lowest BCUT2D eigenvalue weighted by molar-refractivity contribution is -0.117. The number of benzene rings is 1. The quantitative estimate of drug-likeness (QED) is 0.413. The zero-order valence-corrected chi connectivity index (χ0v) is 16.5. The van der Waals surface area contributed by atoms with Crippen LogP contribution in [0.25, 0.3) is 22.3 Å². The Bertz CT molecular complexity index is 858. The number of furan rings is 2. The van der Waals surface area contributed by atoms with E-state index >= 15 is 0 Å². The van der Waals surface area contributed by atoms with E-state index in [1.807, 2.05) is 19.1 Å². The lowest BCUT2D eigenvalue weighted by atomic mass is 10.0. The Kier molecular flexibility index (Phi) is 4.63. The van der Waals surface area contributed by atoms with Crippen molar-refractivity contribution in [3.63, 3.8) is 0 Å². The van der Waals surface area contributed by atoms with E-state index in [2.05, 4.69) is 57.3 Å². The van der Waals surface area contributed by atoms with Crippen LogP contribution in [0.1, 0.15) is 24.9 Å². The molecule has 2 aromatic heterocycles. The highest BCUT2D eigenvalue weighted by molar-refractivity contribution is 14.1. The van der Waals surface area contributed by atoms with Crippen LogP contribution in [-0.2, 0) is 11.2 Å². The van der Waals surface area contributed by atoms with Crippen LogP contribution in [0.4, 0.5) is 0 Å². The van der Waals surface area contributed by atoms with E-state index < -0.39 is 0 Å². The Morgan fingerprint density at radius 3 is 2.59 bits per heavy atom. The standard InChI is InChI=1S/C17H14I2O3/c1-9(20)3-5-15-16(14-6-4-10(2)21-14)12-7-11(18)8-13(19)17(12)22-15/h4,6-8H,3,5H2,1-2H3. The van der Waals surface area contributed by atoms with E-state index in [0.717, 1.165) is 41.0 Å². The van der Waals surface area contributed by atoms with Gasteiger partial charge in [-0.05, 0) is 83.3 Å². The molecule has 114 valence electrons. The molecule has 3 rings (SSSR count). The van der Waals surface area contributed by atoms with E-state index in [9.17, 15) is 4.79 Å². The molecule has 0 unspecified atom stereocenters. The smallest absolute Gasteiger partial charge is 0.148 e. The van der Waals surface area contributed by atoms with Crippen LogP contribution in [0.2, 0.25) is 0 Å². The Morgan fingerprint density at radius 2 is 1.95 bits per heavy atom. The number of carbonyl (C=O) groups is 1. The highest BCUT2D eigenvalue weighted by Gasteiger charge is 2.20. The van der Waals surface area contributed by atoms with Gasteiger partial charge in [0.1, 0.15) is 28.6 Å². The largest absolute Gasteiger partial charge is 0.461 e. The summed E-state index contributed by atoms with van der Waals surface area (Å²) in [6.45, 7) is 3.53. The van der Waals surface area contributed by atoms with Gasteiger partial charge in [-0.2, -0.15) is 0 Å². The van der Waals surface area contributed by atoms with E-state index in [-0.39, 0.29) is 5.78 Å². The Labute approximate surface area is 155 Å². The lowest BCUT2D eigenvalue weighted by Gasteiger charge is -2.00. The molecular weight excluding hydrogens is 506 g/mol. The molecule has 0 fully saturated rings. The first-order chi connectivity index (χ1) is 10.5. The second-order valence-corrected chi connectivity index (χ2v) is 7.68. The third-order valence-corrected chi connectivity index (χ3v) is 4.90. The molecule has 3 aromatic rings. The third-order valence-electron chi connectivity index (χ3n) is 3.47. The third kappa shape index (κ3) is 3.10. The minimum Gasteiger partial charge on any atom is -0.461 e. The van der Waals surface area contributed by atoms with E-state index in [0.29, 0.717) is 12.8 Å². The van der Waals surface area contributed by atoms with Crippen LogP contribution in [0.5, 0.6) is 0 Å². The van der Waals surface area contributed by atoms with Gasteiger partial charge in [-0.25, -0.2) is 0 Å². The van der Waals surface area contributed by atoms with Gasteiger partial charge in [0.2, 0.25) is 0 Å². The van der Waals surface area contributed by atoms with Crippen LogP contribution < -0.4 is 0 Å². The maximum atomic E-state index is 11.3. The van der Waals surface area contributed by atoms with Gasteiger partial charge in [0.05, 0.1) is 9.13 Å². The summed E-state index contributed by atoms with van der Waals surface area (Å²) >= 11 is 4.59. The first-order valence-corrected chi connectivity index (χ1v) is 9.08. The van der Waals surface area contributed by atoms with Crippen LogP contribution in [0, 0.1) is 14.1 Å². The molecule has 0 spiro atoms. The molecule has 0 saturated carbocycles. The van der Waals surface area contributed by atoms with E-state index in [1.54, 1.807) is 6.92 Å². The fraction of sp³-hybridized carbons (Fsp3) is 0.235. The van der Waals surface area contributed by atoms with Gasteiger partial charge in [-0.15, -0.1) is 0 Å².